The second kappa shape index (κ2) is 6.45. The molecular formula is C16H18N4O2S. The molecule has 2 aromatic rings. The third-order valence-electron chi connectivity index (χ3n) is 3.91. The lowest BCUT2D eigenvalue weighted by Crippen LogP contribution is -2.50. The fourth-order valence-electron chi connectivity index (χ4n) is 2.58. The number of carbonyl (C=O) groups excluding carboxylic acids is 2. The van der Waals surface area contributed by atoms with Crippen molar-refractivity contribution in [3.63, 3.8) is 0 Å². The summed E-state index contributed by atoms with van der Waals surface area (Å²) < 4.78 is 0. The maximum Gasteiger partial charge on any atom is 0.265 e. The minimum Gasteiger partial charge on any atom is -0.339 e. The summed E-state index contributed by atoms with van der Waals surface area (Å²) in [5.41, 5.74) is 1.66. The van der Waals surface area contributed by atoms with Gasteiger partial charge in [-0.2, -0.15) is 0 Å². The van der Waals surface area contributed by atoms with E-state index in [-0.39, 0.29) is 11.8 Å². The third kappa shape index (κ3) is 3.24. The molecule has 0 bridgehead atoms. The molecule has 0 radical (unpaired) electrons. The number of amides is 2. The summed E-state index contributed by atoms with van der Waals surface area (Å²) in [4.78, 5) is 36.9. The van der Waals surface area contributed by atoms with Gasteiger partial charge in [0, 0.05) is 51.1 Å². The van der Waals surface area contributed by atoms with Crippen LogP contribution in [-0.4, -0.2) is 57.8 Å². The first-order valence-corrected chi connectivity index (χ1v) is 8.30. The average Bonchev–Trinajstić information content (AvgIpc) is 2.97. The van der Waals surface area contributed by atoms with Gasteiger partial charge in [-0.15, -0.1) is 11.3 Å². The molecule has 6 nitrogen and oxygen atoms in total. The molecule has 0 spiro atoms. The van der Waals surface area contributed by atoms with Crippen LogP contribution in [0.2, 0.25) is 0 Å². The Balaban J connectivity index is 1.76. The molecule has 120 valence electrons. The first kappa shape index (κ1) is 15.6. The Kier molecular flexibility index (Phi) is 4.38. The smallest absolute Gasteiger partial charge is 0.265 e. The van der Waals surface area contributed by atoms with Gasteiger partial charge >= 0.3 is 0 Å². The molecule has 0 saturated carbocycles. The molecule has 2 aromatic heterocycles. The molecule has 0 unspecified atom stereocenters. The lowest BCUT2D eigenvalue weighted by molar-refractivity contribution is -0.130. The molecule has 3 rings (SSSR count). The van der Waals surface area contributed by atoms with Gasteiger partial charge in [-0.05, 0) is 19.1 Å². The van der Waals surface area contributed by atoms with Crippen LogP contribution >= 0.6 is 11.3 Å². The number of hydrogen-bond acceptors (Lipinski definition) is 5. The molecule has 2 amide bonds. The minimum absolute atomic E-state index is 0.00153. The number of piperazine rings is 1. The number of hydrogen-bond donors (Lipinski definition) is 0. The normalized spacial score (nSPS) is 14.9. The van der Waals surface area contributed by atoms with Crippen molar-refractivity contribution in [2.24, 2.45) is 0 Å². The van der Waals surface area contributed by atoms with Crippen LogP contribution in [0.4, 0.5) is 0 Å². The van der Waals surface area contributed by atoms with E-state index in [0.29, 0.717) is 31.1 Å². The van der Waals surface area contributed by atoms with Crippen molar-refractivity contribution >= 4 is 23.2 Å². The van der Waals surface area contributed by atoms with E-state index in [2.05, 4.69) is 9.97 Å². The monoisotopic (exact) mass is 330 g/mol. The highest BCUT2D eigenvalue weighted by atomic mass is 32.1. The topological polar surface area (TPSA) is 66.4 Å². The van der Waals surface area contributed by atoms with Crippen molar-refractivity contribution in [1.29, 1.82) is 0 Å². The Morgan fingerprint density at radius 1 is 1.17 bits per heavy atom. The van der Waals surface area contributed by atoms with Crippen molar-refractivity contribution in [1.82, 2.24) is 19.8 Å². The van der Waals surface area contributed by atoms with E-state index in [1.54, 1.807) is 29.1 Å². The van der Waals surface area contributed by atoms with Gasteiger partial charge in [0.15, 0.2) is 0 Å². The van der Waals surface area contributed by atoms with E-state index in [1.165, 1.54) is 11.3 Å². The van der Waals surface area contributed by atoms with E-state index < -0.39 is 0 Å². The van der Waals surface area contributed by atoms with Crippen LogP contribution in [0.15, 0.2) is 24.5 Å². The lowest BCUT2D eigenvalue weighted by atomic mass is 10.2. The van der Waals surface area contributed by atoms with Crippen LogP contribution in [0.3, 0.4) is 0 Å². The molecule has 1 fully saturated rings. The molecule has 0 N–H and O–H groups in total. The highest BCUT2D eigenvalue weighted by Crippen LogP contribution is 2.28. The number of pyridine rings is 1. The summed E-state index contributed by atoms with van der Waals surface area (Å²) in [5.74, 6) is 0.0586. The zero-order valence-corrected chi connectivity index (χ0v) is 14.0. The Morgan fingerprint density at radius 2 is 1.87 bits per heavy atom. The van der Waals surface area contributed by atoms with Gasteiger partial charge in [0.2, 0.25) is 5.91 Å². The van der Waals surface area contributed by atoms with Crippen molar-refractivity contribution in [3.05, 3.63) is 35.1 Å². The standard InChI is InChI=1S/C16H18N4O2S/c1-11-14(23-15(18-11)13-4-3-5-17-10-13)16(22)20-8-6-19(7-9-20)12(2)21/h3-5,10H,6-9H2,1-2H3. The molecule has 3 heterocycles. The van der Waals surface area contributed by atoms with Gasteiger partial charge in [0.25, 0.3) is 5.91 Å². The predicted molar refractivity (Wildman–Crippen MR) is 88.2 cm³/mol. The zero-order valence-electron chi connectivity index (χ0n) is 13.2. The number of rotatable bonds is 2. The number of carbonyl (C=O) groups is 2. The van der Waals surface area contributed by atoms with E-state index >= 15 is 0 Å². The van der Waals surface area contributed by atoms with Crippen LogP contribution in [0.25, 0.3) is 10.6 Å². The number of aromatic nitrogens is 2. The Morgan fingerprint density at radius 3 is 2.48 bits per heavy atom. The van der Waals surface area contributed by atoms with Crippen LogP contribution < -0.4 is 0 Å². The van der Waals surface area contributed by atoms with E-state index in [1.807, 2.05) is 19.1 Å². The SMILES string of the molecule is CC(=O)N1CCN(C(=O)c2sc(-c3cccnc3)nc2C)CC1. The average molecular weight is 330 g/mol. The summed E-state index contributed by atoms with van der Waals surface area (Å²) in [6, 6.07) is 3.79. The first-order chi connectivity index (χ1) is 11.1. The molecule has 1 saturated heterocycles. The van der Waals surface area contributed by atoms with Crippen molar-refractivity contribution in [3.8, 4) is 10.6 Å². The summed E-state index contributed by atoms with van der Waals surface area (Å²) in [5, 5.41) is 0.807. The van der Waals surface area contributed by atoms with Gasteiger partial charge in [-0.1, -0.05) is 0 Å². The number of nitrogens with zero attached hydrogens (tertiary/aromatic N) is 4. The predicted octanol–water partition coefficient (Wildman–Crippen LogP) is 1.82. The Labute approximate surface area is 138 Å². The zero-order chi connectivity index (χ0) is 16.4. The molecule has 0 aromatic carbocycles. The van der Waals surface area contributed by atoms with Gasteiger partial charge in [0.1, 0.15) is 9.88 Å². The van der Waals surface area contributed by atoms with Gasteiger partial charge < -0.3 is 9.80 Å². The molecule has 0 atom stereocenters. The van der Waals surface area contributed by atoms with Crippen LogP contribution in [0.1, 0.15) is 22.3 Å². The molecule has 0 aliphatic carbocycles. The maximum absolute atomic E-state index is 12.7. The maximum atomic E-state index is 12.7. The first-order valence-electron chi connectivity index (χ1n) is 7.49. The lowest BCUT2D eigenvalue weighted by Gasteiger charge is -2.34. The third-order valence-corrected chi connectivity index (χ3v) is 5.11. The van der Waals surface area contributed by atoms with Crippen LogP contribution in [-0.2, 0) is 4.79 Å². The Hall–Kier alpha value is -2.28. The molecule has 1 aliphatic heterocycles. The molecule has 7 heteroatoms. The largest absolute Gasteiger partial charge is 0.339 e. The van der Waals surface area contributed by atoms with Crippen molar-refractivity contribution in [2.75, 3.05) is 26.2 Å². The van der Waals surface area contributed by atoms with Crippen molar-refractivity contribution in [2.45, 2.75) is 13.8 Å². The summed E-state index contributed by atoms with van der Waals surface area (Å²) in [6.45, 7) is 5.74. The highest BCUT2D eigenvalue weighted by Gasteiger charge is 2.26. The fraction of sp³-hybridized carbons (Fsp3) is 0.375. The van der Waals surface area contributed by atoms with Gasteiger partial charge in [0.05, 0.1) is 5.69 Å². The van der Waals surface area contributed by atoms with Gasteiger partial charge in [-0.3, -0.25) is 14.6 Å². The van der Waals surface area contributed by atoms with Crippen LogP contribution in [0.5, 0.6) is 0 Å². The van der Waals surface area contributed by atoms with Crippen molar-refractivity contribution < 1.29 is 9.59 Å². The summed E-state index contributed by atoms with van der Waals surface area (Å²) >= 11 is 1.40. The number of thiazole rings is 1. The second-order valence-corrected chi connectivity index (χ2v) is 6.47. The molecule has 23 heavy (non-hydrogen) atoms. The minimum atomic E-state index is -0.00153. The summed E-state index contributed by atoms with van der Waals surface area (Å²) in [6.07, 6.45) is 3.46. The summed E-state index contributed by atoms with van der Waals surface area (Å²) in [7, 11) is 0. The highest BCUT2D eigenvalue weighted by molar-refractivity contribution is 7.17. The molecule has 1 aliphatic rings. The van der Waals surface area contributed by atoms with Gasteiger partial charge in [-0.25, -0.2) is 4.98 Å². The molecular weight excluding hydrogens is 312 g/mol. The quantitative estimate of drug-likeness (QED) is 0.842. The number of aryl methyl sites for hydroxylation is 1. The van der Waals surface area contributed by atoms with Crippen LogP contribution in [0, 0.1) is 6.92 Å². The fourth-order valence-corrected chi connectivity index (χ4v) is 3.60. The van der Waals surface area contributed by atoms with E-state index in [4.69, 9.17) is 0 Å². The van der Waals surface area contributed by atoms with E-state index in [9.17, 15) is 9.59 Å². The van der Waals surface area contributed by atoms with E-state index in [0.717, 1.165) is 16.3 Å². The second-order valence-electron chi connectivity index (χ2n) is 5.47. The Bertz CT molecular complexity index is 721.